The summed E-state index contributed by atoms with van der Waals surface area (Å²) < 4.78 is 0. The Bertz CT molecular complexity index is 643. The minimum Gasteiger partial charge on any atom is -0.383 e. The summed E-state index contributed by atoms with van der Waals surface area (Å²) in [5.74, 6) is 0.515. The van der Waals surface area contributed by atoms with Crippen LogP contribution in [-0.2, 0) is 6.42 Å². The maximum absolute atomic E-state index is 6.06. The molecule has 4 nitrogen and oxygen atoms in total. The number of rotatable bonds is 2. The van der Waals surface area contributed by atoms with Crippen LogP contribution in [0.25, 0.3) is 0 Å². The summed E-state index contributed by atoms with van der Waals surface area (Å²) in [7, 11) is 0. The largest absolute Gasteiger partial charge is 0.383 e. The van der Waals surface area contributed by atoms with Gasteiger partial charge in [-0.25, -0.2) is 4.98 Å². The molecule has 98 valence electrons. The van der Waals surface area contributed by atoms with Gasteiger partial charge in [0.15, 0.2) is 5.82 Å². The molecule has 0 radical (unpaired) electrons. The topological polar surface area (TPSA) is 49.8 Å². The van der Waals surface area contributed by atoms with Crippen molar-refractivity contribution in [1.82, 2.24) is 9.97 Å². The Kier molecular flexibility index (Phi) is 3.21. The van der Waals surface area contributed by atoms with E-state index in [0.29, 0.717) is 10.8 Å². The minimum atomic E-state index is 0.170. The molecule has 0 atom stereocenters. The van der Waals surface area contributed by atoms with Gasteiger partial charge in [-0.15, -0.1) is 0 Å². The maximum atomic E-state index is 6.06. The summed E-state index contributed by atoms with van der Waals surface area (Å²) in [6.45, 7) is 3.07. The molecule has 2 heterocycles. The summed E-state index contributed by atoms with van der Waals surface area (Å²) >= 11 is 11.9. The Morgan fingerprint density at radius 2 is 2.16 bits per heavy atom. The first kappa shape index (κ1) is 12.5. The number of hydrogen-bond donors (Lipinski definition) is 2. The molecule has 1 aliphatic rings. The van der Waals surface area contributed by atoms with Gasteiger partial charge < -0.3 is 10.6 Å². The van der Waals surface area contributed by atoms with E-state index < -0.39 is 0 Å². The monoisotopic (exact) mass is 294 g/mol. The highest BCUT2D eigenvalue weighted by Crippen LogP contribution is 2.35. The van der Waals surface area contributed by atoms with E-state index in [1.165, 1.54) is 17.3 Å². The predicted molar refractivity (Wildman–Crippen MR) is 78.7 cm³/mol. The van der Waals surface area contributed by atoms with E-state index >= 15 is 0 Å². The third kappa shape index (κ3) is 2.33. The quantitative estimate of drug-likeness (QED) is 0.827. The Hall–Kier alpha value is -1.52. The van der Waals surface area contributed by atoms with Gasteiger partial charge in [0.05, 0.1) is 17.6 Å². The van der Waals surface area contributed by atoms with Crippen molar-refractivity contribution in [3.05, 3.63) is 39.8 Å². The van der Waals surface area contributed by atoms with Crippen LogP contribution in [0.2, 0.25) is 10.3 Å². The molecule has 0 bridgehead atoms. The zero-order chi connectivity index (χ0) is 13.4. The van der Waals surface area contributed by atoms with Gasteiger partial charge in [0.2, 0.25) is 5.28 Å². The van der Waals surface area contributed by atoms with Crippen LogP contribution in [0.1, 0.15) is 11.1 Å². The van der Waals surface area contributed by atoms with Crippen LogP contribution >= 0.6 is 23.2 Å². The zero-order valence-corrected chi connectivity index (χ0v) is 11.8. The number of benzene rings is 1. The van der Waals surface area contributed by atoms with Gasteiger partial charge in [-0.2, -0.15) is 4.98 Å². The van der Waals surface area contributed by atoms with E-state index in [9.17, 15) is 0 Å². The van der Waals surface area contributed by atoms with Gasteiger partial charge in [-0.1, -0.05) is 17.7 Å². The summed E-state index contributed by atoms with van der Waals surface area (Å²) in [6.07, 6.45) is 2.52. The number of hydrogen-bond acceptors (Lipinski definition) is 4. The van der Waals surface area contributed by atoms with E-state index in [2.05, 4.69) is 33.6 Å². The van der Waals surface area contributed by atoms with Crippen LogP contribution in [0.4, 0.5) is 17.2 Å². The van der Waals surface area contributed by atoms with Gasteiger partial charge >= 0.3 is 0 Å². The van der Waals surface area contributed by atoms with Crippen molar-refractivity contribution in [3.63, 3.8) is 0 Å². The number of nitrogens with zero attached hydrogens (tertiary/aromatic N) is 2. The molecular formula is C13H12Cl2N4. The second-order valence-electron chi connectivity index (χ2n) is 4.42. The fourth-order valence-corrected chi connectivity index (χ4v) is 2.53. The lowest BCUT2D eigenvalue weighted by Crippen LogP contribution is -2.00. The highest BCUT2D eigenvalue weighted by Gasteiger charge is 2.17. The van der Waals surface area contributed by atoms with Crippen molar-refractivity contribution in [3.8, 4) is 0 Å². The molecule has 0 spiro atoms. The molecule has 1 aromatic heterocycles. The molecule has 0 saturated heterocycles. The lowest BCUT2D eigenvalue weighted by Gasteiger charge is -2.13. The van der Waals surface area contributed by atoms with Crippen LogP contribution in [0.15, 0.2) is 18.3 Å². The Balaban J connectivity index is 2.00. The third-order valence-electron chi connectivity index (χ3n) is 3.19. The van der Waals surface area contributed by atoms with E-state index in [1.807, 2.05) is 6.07 Å². The molecule has 2 N–H and O–H groups in total. The molecule has 0 amide bonds. The maximum Gasteiger partial charge on any atom is 0.224 e. The predicted octanol–water partition coefficient (Wildman–Crippen LogP) is 3.80. The molecule has 19 heavy (non-hydrogen) atoms. The van der Waals surface area contributed by atoms with Crippen molar-refractivity contribution in [2.75, 3.05) is 17.2 Å². The fourth-order valence-electron chi connectivity index (χ4n) is 2.25. The number of anilines is 3. The van der Waals surface area contributed by atoms with Crippen LogP contribution < -0.4 is 10.6 Å². The first-order chi connectivity index (χ1) is 9.15. The first-order valence-corrected chi connectivity index (χ1v) is 6.72. The Morgan fingerprint density at radius 1 is 1.32 bits per heavy atom. The van der Waals surface area contributed by atoms with Gasteiger partial charge in [0.1, 0.15) is 5.02 Å². The van der Waals surface area contributed by atoms with E-state index in [0.717, 1.165) is 24.3 Å². The number of fused-ring (bicyclic) bond motifs is 1. The van der Waals surface area contributed by atoms with E-state index in [-0.39, 0.29) is 5.28 Å². The fraction of sp³-hybridized carbons (Fsp3) is 0.231. The van der Waals surface area contributed by atoms with Gasteiger partial charge in [0, 0.05) is 6.54 Å². The number of aromatic nitrogens is 2. The minimum absolute atomic E-state index is 0.170. The molecule has 1 aliphatic heterocycles. The molecule has 2 aromatic rings. The van der Waals surface area contributed by atoms with Crippen LogP contribution in [-0.4, -0.2) is 16.5 Å². The molecule has 0 saturated carbocycles. The summed E-state index contributed by atoms with van der Waals surface area (Å²) in [5.41, 5.74) is 4.69. The smallest absolute Gasteiger partial charge is 0.224 e. The van der Waals surface area contributed by atoms with Crippen LogP contribution in [0, 0.1) is 6.92 Å². The lowest BCUT2D eigenvalue weighted by atomic mass is 10.1. The number of nitrogens with one attached hydrogen (secondary N) is 2. The summed E-state index contributed by atoms with van der Waals surface area (Å²) in [4.78, 5) is 7.93. The summed E-state index contributed by atoms with van der Waals surface area (Å²) in [6, 6.07) is 4.10. The highest BCUT2D eigenvalue weighted by molar-refractivity contribution is 6.33. The summed E-state index contributed by atoms with van der Waals surface area (Å²) in [5, 5.41) is 7.20. The van der Waals surface area contributed by atoms with Gasteiger partial charge in [0.25, 0.3) is 0 Å². The highest BCUT2D eigenvalue weighted by atomic mass is 35.5. The molecule has 0 unspecified atom stereocenters. The van der Waals surface area contributed by atoms with Gasteiger partial charge in [-0.3, -0.25) is 0 Å². The molecular weight excluding hydrogens is 283 g/mol. The molecule has 3 rings (SSSR count). The second-order valence-corrected chi connectivity index (χ2v) is 5.17. The van der Waals surface area contributed by atoms with Crippen molar-refractivity contribution < 1.29 is 0 Å². The van der Waals surface area contributed by atoms with Crippen LogP contribution in [0.5, 0.6) is 0 Å². The molecule has 1 aromatic carbocycles. The van der Waals surface area contributed by atoms with E-state index in [1.54, 1.807) is 0 Å². The van der Waals surface area contributed by atoms with Gasteiger partial charge in [-0.05, 0) is 42.1 Å². The van der Waals surface area contributed by atoms with Crippen molar-refractivity contribution in [2.45, 2.75) is 13.3 Å². The molecule has 0 fully saturated rings. The first-order valence-electron chi connectivity index (χ1n) is 5.96. The van der Waals surface area contributed by atoms with E-state index in [4.69, 9.17) is 23.2 Å². The number of aryl methyl sites for hydroxylation is 1. The Labute approximate surface area is 121 Å². The average molecular weight is 295 g/mol. The lowest BCUT2D eigenvalue weighted by molar-refractivity contribution is 1.09. The SMILES string of the molecule is Cc1ccc(Nc2nc(Cl)ncc2Cl)c2c1CCN2. The zero-order valence-electron chi connectivity index (χ0n) is 10.3. The second kappa shape index (κ2) is 4.87. The average Bonchev–Trinajstić information content (AvgIpc) is 2.87. The standard InChI is InChI=1S/C13H12Cl2N4/c1-7-2-3-10(11-8(7)4-5-16-11)18-12-9(14)6-17-13(15)19-12/h2-3,6,16H,4-5H2,1H3,(H,17,18,19). The molecule has 0 aliphatic carbocycles. The van der Waals surface area contributed by atoms with Crippen molar-refractivity contribution in [1.29, 1.82) is 0 Å². The normalized spacial score (nSPS) is 13.0. The van der Waals surface area contributed by atoms with Crippen LogP contribution in [0.3, 0.4) is 0 Å². The van der Waals surface area contributed by atoms with Crippen molar-refractivity contribution >= 4 is 40.4 Å². The van der Waals surface area contributed by atoms with Crippen molar-refractivity contribution in [2.24, 2.45) is 0 Å². The number of halogens is 2. The third-order valence-corrected chi connectivity index (χ3v) is 3.65. The molecule has 6 heteroatoms. The Morgan fingerprint density at radius 3 is 3.00 bits per heavy atom.